The number of Topliss-reactive ketones (excluding diaryl/α,β-unsaturated/α-hetero) is 2. The lowest BCUT2D eigenvalue weighted by Crippen LogP contribution is -2.14. The molecule has 17 heavy (non-hydrogen) atoms. The molecule has 1 rings (SSSR count). The van der Waals surface area contributed by atoms with E-state index in [0.717, 1.165) is 12.2 Å². The highest BCUT2D eigenvalue weighted by molar-refractivity contribution is 6.09. The van der Waals surface area contributed by atoms with Crippen molar-refractivity contribution >= 4 is 11.6 Å². The van der Waals surface area contributed by atoms with Crippen LogP contribution >= 0.6 is 0 Å². The first kappa shape index (κ1) is 13.6. The summed E-state index contributed by atoms with van der Waals surface area (Å²) in [6.07, 6.45) is -0.0191. The molecule has 0 saturated heterocycles. The lowest BCUT2D eigenvalue weighted by molar-refractivity contribution is -0.121. The second kappa shape index (κ2) is 5.25. The fraction of sp³-hybridized carbons (Fsp3) is 0.615. The van der Waals surface area contributed by atoms with E-state index in [1.54, 1.807) is 4.68 Å². The number of carbonyl (C=O) groups is 2. The zero-order valence-electron chi connectivity index (χ0n) is 11.2. The van der Waals surface area contributed by atoms with Gasteiger partial charge in [0.1, 0.15) is 5.78 Å². The number of carbonyl (C=O) groups excluding carboxylic acids is 2. The van der Waals surface area contributed by atoms with Crippen molar-refractivity contribution in [3.63, 3.8) is 0 Å². The van der Waals surface area contributed by atoms with Gasteiger partial charge in [0.05, 0.1) is 17.7 Å². The van der Waals surface area contributed by atoms with Gasteiger partial charge in [-0.2, -0.15) is 5.10 Å². The molecule has 0 aliphatic rings. The summed E-state index contributed by atoms with van der Waals surface area (Å²) in [7, 11) is 0. The Morgan fingerprint density at radius 1 is 1.29 bits per heavy atom. The summed E-state index contributed by atoms with van der Waals surface area (Å²) >= 11 is 0. The number of ketones is 2. The molecule has 0 atom stereocenters. The smallest absolute Gasteiger partial charge is 0.173 e. The number of hydrogen-bond acceptors (Lipinski definition) is 3. The molecule has 0 unspecified atom stereocenters. The van der Waals surface area contributed by atoms with E-state index in [0.29, 0.717) is 11.3 Å². The average molecular weight is 236 g/mol. The normalized spacial score (nSPS) is 10.9. The first-order valence-corrected chi connectivity index (χ1v) is 5.98. The average Bonchev–Trinajstić information content (AvgIpc) is 2.53. The number of rotatable bonds is 5. The van der Waals surface area contributed by atoms with Gasteiger partial charge in [0.2, 0.25) is 0 Å². The van der Waals surface area contributed by atoms with Crippen molar-refractivity contribution in [3.8, 4) is 0 Å². The maximum Gasteiger partial charge on any atom is 0.173 e. The minimum absolute atomic E-state index is 0.0157. The molecule has 4 nitrogen and oxygen atoms in total. The topological polar surface area (TPSA) is 52.0 Å². The van der Waals surface area contributed by atoms with Crippen molar-refractivity contribution in [2.24, 2.45) is 5.92 Å². The fourth-order valence-electron chi connectivity index (χ4n) is 1.86. The molecule has 1 aromatic rings. The minimum Gasteiger partial charge on any atom is -0.299 e. The second-order valence-corrected chi connectivity index (χ2v) is 4.58. The zero-order valence-corrected chi connectivity index (χ0v) is 11.2. The van der Waals surface area contributed by atoms with Crippen LogP contribution in [0.5, 0.6) is 0 Å². The Balaban J connectivity index is 2.97. The number of nitrogens with zero attached hydrogens (tertiary/aromatic N) is 2. The monoisotopic (exact) mass is 236 g/mol. The molecular formula is C13H20N2O2. The van der Waals surface area contributed by atoms with E-state index in [1.807, 2.05) is 34.6 Å². The highest BCUT2D eigenvalue weighted by Crippen LogP contribution is 2.16. The van der Waals surface area contributed by atoms with Gasteiger partial charge in [0, 0.05) is 18.2 Å². The van der Waals surface area contributed by atoms with Gasteiger partial charge in [0.15, 0.2) is 5.78 Å². The van der Waals surface area contributed by atoms with Crippen molar-refractivity contribution in [3.05, 3.63) is 17.0 Å². The van der Waals surface area contributed by atoms with Crippen molar-refractivity contribution < 1.29 is 9.59 Å². The molecule has 0 bridgehead atoms. The molecule has 0 aliphatic carbocycles. The van der Waals surface area contributed by atoms with E-state index in [4.69, 9.17) is 0 Å². The van der Waals surface area contributed by atoms with E-state index in [2.05, 4.69) is 5.10 Å². The largest absolute Gasteiger partial charge is 0.299 e. The van der Waals surface area contributed by atoms with Gasteiger partial charge in [0.25, 0.3) is 0 Å². The quantitative estimate of drug-likeness (QED) is 0.582. The molecule has 0 aromatic carbocycles. The SMILES string of the molecule is CCn1nc(C)c(C(=O)CC(=O)C(C)C)c1C. The first-order chi connectivity index (χ1) is 7.88. The molecule has 0 aliphatic heterocycles. The minimum atomic E-state index is -0.113. The molecule has 0 amide bonds. The third kappa shape index (κ3) is 2.81. The summed E-state index contributed by atoms with van der Waals surface area (Å²) in [6, 6.07) is 0. The summed E-state index contributed by atoms with van der Waals surface area (Å²) in [4.78, 5) is 23.6. The van der Waals surface area contributed by atoms with Crippen molar-refractivity contribution in [1.29, 1.82) is 0 Å². The molecule has 0 spiro atoms. The van der Waals surface area contributed by atoms with Crippen molar-refractivity contribution in [1.82, 2.24) is 9.78 Å². The number of hydrogen-bond donors (Lipinski definition) is 0. The van der Waals surface area contributed by atoms with E-state index < -0.39 is 0 Å². The van der Waals surface area contributed by atoms with Crippen LogP contribution in [0.3, 0.4) is 0 Å². The van der Waals surface area contributed by atoms with Crippen molar-refractivity contribution in [2.75, 3.05) is 0 Å². The Kier molecular flexibility index (Phi) is 4.21. The summed E-state index contributed by atoms with van der Waals surface area (Å²) in [5, 5.41) is 4.29. The van der Waals surface area contributed by atoms with Crippen LogP contribution in [-0.2, 0) is 11.3 Å². The first-order valence-electron chi connectivity index (χ1n) is 5.98. The Labute approximate surface area is 102 Å². The van der Waals surface area contributed by atoms with E-state index in [1.165, 1.54) is 0 Å². The third-order valence-corrected chi connectivity index (χ3v) is 2.94. The molecule has 0 saturated carbocycles. The van der Waals surface area contributed by atoms with Crippen molar-refractivity contribution in [2.45, 2.75) is 47.6 Å². The van der Waals surface area contributed by atoms with Gasteiger partial charge in [-0.15, -0.1) is 0 Å². The van der Waals surface area contributed by atoms with Gasteiger partial charge in [-0.3, -0.25) is 14.3 Å². The van der Waals surface area contributed by atoms with Gasteiger partial charge in [-0.05, 0) is 20.8 Å². The molecule has 1 heterocycles. The van der Waals surface area contributed by atoms with Crippen LogP contribution in [0.2, 0.25) is 0 Å². The third-order valence-electron chi connectivity index (χ3n) is 2.94. The van der Waals surface area contributed by atoms with E-state index in [9.17, 15) is 9.59 Å². The number of aromatic nitrogens is 2. The van der Waals surface area contributed by atoms with E-state index >= 15 is 0 Å². The molecule has 0 fully saturated rings. The zero-order chi connectivity index (χ0) is 13.2. The maximum atomic E-state index is 12.1. The summed E-state index contributed by atoms with van der Waals surface area (Å²) in [6.45, 7) is 10.0. The molecule has 0 N–H and O–H groups in total. The predicted octanol–water partition coefficient (Wildman–Crippen LogP) is 2.32. The Morgan fingerprint density at radius 3 is 2.29 bits per heavy atom. The molecule has 94 valence electrons. The van der Waals surface area contributed by atoms with Crippen LogP contribution in [0.4, 0.5) is 0 Å². The summed E-state index contributed by atoms with van der Waals surface area (Å²) < 4.78 is 1.79. The van der Waals surface area contributed by atoms with Crippen LogP contribution in [0.1, 0.15) is 48.9 Å². The summed E-state index contributed by atoms with van der Waals surface area (Å²) in [5.41, 5.74) is 2.18. The molecule has 0 radical (unpaired) electrons. The maximum absolute atomic E-state index is 12.1. The van der Waals surface area contributed by atoms with Crippen LogP contribution in [0.25, 0.3) is 0 Å². The Morgan fingerprint density at radius 2 is 1.88 bits per heavy atom. The summed E-state index contributed by atoms with van der Waals surface area (Å²) in [5.74, 6) is -0.225. The lowest BCUT2D eigenvalue weighted by atomic mass is 9.99. The predicted molar refractivity (Wildman–Crippen MR) is 66.2 cm³/mol. The molecular weight excluding hydrogens is 216 g/mol. The van der Waals surface area contributed by atoms with Gasteiger partial charge in [-0.25, -0.2) is 0 Å². The Hall–Kier alpha value is -1.45. The molecule has 1 aromatic heterocycles. The van der Waals surface area contributed by atoms with Gasteiger partial charge >= 0.3 is 0 Å². The highest BCUT2D eigenvalue weighted by atomic mass is 16.1. The fourth-order valence-corrected chi connectivity index (χ4v) is 1.86. The standard InChI is InChI=1S/C13H20N2O2/c1-6-15-10(5)13(9(4)14-15)12(17)7-11(16)8(2)3/h8H,6-7H2,1-5H3. The highest BCUT2D eigenvalue weighted by Gasteiger charge is 2.21. The Bertz CT molecular complexity index is 445. The van der Waals surface area contributed by atoms with Crippen LogP contribution in [0, 0.1) is 19.8 Å². The van der Waals surface area contributed by atoms with Gasteiger partial charge < -0.3 is 0 Å². The lowest BCUT2D eigenvalue weighted by Gasteiger charge is -2.04. The second-order valence-electron chi connectivity index (χ2n) is 4.58. The van der Waals surface area contributed by atoms with Gasteiger partial charge in [-0.1, -0.05) is 13.8 Å². The van der Waals surface area contributed by atoms with E-state index in [-0.39, 0.29) is 23.9 Å². The van der Waals surface area contributed by atoms with Crippen LogP contribution in [-0.4, -0.2) is 21.3 Å². The molecule has 4 heteroatoms. The van der Waals surface area contributed by atoms with Crippen LogP contribution < -0.4 is 0 Å². The van der Waals surface area contributed by atoms with Crippen LogP contribution in [0.15, 0.2) is 0 Å². The number of aryl methyl sites for hydroxylation is 2.